The fourth-order valence-corrected chi connectivity index (χ4v) is 1.86. The minimum atomic E-state index is 0.538. The zero-order chi connectivity index (χ0) is 11.7. The van der Waals surface area contributed by atoms with E-state index in [1.807, 2.05) is 54.6 Å². The van der Waals surface area contributed by atoms with Crippen LogP contribution in [-0.4, -0.2) is 10.3 Å². The zero-order valence-corrected chi connectivity index (χ0v) is 8.95. The van der Waals surface area contributed by atoms with E-state index in [2.05, 4.69) is 10.3 Å². The molecule has 0 unspecified atom stereocenters. The minimum absolute atomic E-state index is 0.538. The number of rotatable bonds is 1. The molecule has 3 rings (SSSR count). The first-order chi connectivity index (χ1) is 8.36. The van der Waals surface area contributed by atoms with E-state index in [0.717, 1.165) is 16.5 Å². The van der Waals surface area contributed by atoms with Gasteiger partial charge in [0.2, 0.25) is 5.52 Å². The van der Waals surface area contributed by atoms with E-state index < -0.39 is 0 Å². The topological polar surface area (TPSA) is 52.7 Å². The lowest BCUT2D eigenvalue weighted by atomic mass is 10.1. The summed E-state index contributed by atoms with van der Waals surface area (Å²) in [6.07, 6.45) is 0. The van der Waals surface area contributed by atoms with Crippen molar-refractivity contribution in [3.05, 3.63) is 59.8 Å². The van der Waals surface area contributed by atoms with Gasteiger partial charge in [0.1, 0.15) is 5.21 Å². The van der Waals surface area contributed by atoms with Crippen molar-refractivity contribution < 1.29 is 4.85 Å². The van der Waals surface area contributed by atoms with Gasteiger partial charge in [0.05, 0.1) is 10.5 Å². The third-order valence-electron chi connectivity index (χ3n) is 2.63. The standard InChI is InChI=1S/C13H9N3O/c17-16-13(10-6-2-1-3-7-10)11-8-4-5-9-12(11)14-15-16/h1-9H. The molecule has 17 heavy (non-hydrogen) atoms. The van der Waals surface area contributed by atoms with Crippen LogP contribution in [0.3, 0.4) is 0 Å². The second kappa shape index (κ2) is 3.83. The Labute approximate surface area is 97.7 Å². The highest BCUT2D eigenvalue weighted by Crippen LogP contribution is 2.22. The van der Waals surface area contributed by atoms with Gasteiger partial charge >= 0.3 is 0 Å². The summed E-state index contributed by atoms with van der Waals surface area (Å²) in [4.78, 5) is 0.567. The maximum Gasteiger partial charge on any atom is 0.215 e. The molecule has 0 fully saturated rings. The van der Waals surface area contributed by atoms with Crippen LogP contribution in [0.5, 0.6) is 0 Å². The van der Waals surface area contributed by atoms with Gasteiger partial charge in [0.25, 0.3) is 0 Å². The van der Waals surface area contributed by atoms with E-state index in [4.69, 9.17) is 0 Å². The summed E-state index contributed by atoms with van der Waals surface area (Å²) < 4.78 is 0. The summed E-state index contributed by atoms with van der Waals surface area (Å²) in [7, 11) is 0. The lowest BCUT2D eigenvalue weighted by molar-refractivity contribution is -0.662. The van der Waals surface area contributed by atoms with Crippen molar-refractivity contribution in [3.8, 4) is 11.3 Å². The second-order valence-electron chi connectivity index (χ2n) is 3.69. The van der Waals surface area contributed by atoms with Crippen molar-refractivity contribution in [3.63, 3.8) is 0 Å². The Bertz CT molecular complexity index is 668. The molecule has 1 heterocycles. The molecule has 0 saturated heterocycles. The van der Waals surface area contributed by atoms with Crippen LogP contribution >= 0.6 is 0 Å². The molecule has 2 aromatic carbocycles. The maximum absolute atomic E-state index is 11.8. The fraction of sp³-hybridized carbons (Fsp3) is 0. The predicted octanol–water partition coefficient (Wildman–Crippen LogP) is 1.93. The van der Waals surface area contributed by atoms with Crippen molar-refractivity contribution in [2.75, 3.05) is 0 Å². The largest absolute Gasteiger partial charge is 0.691 e. The first-order valence-corrected chi connectivity index (χ1v) is 5.27. The highest BCUT2D eigenvalue weighted by Gasteiger charge is 2.13. The van der Waals surface area contributed by atoms with E-state index in [0.29, 0.717) is 10.5 Å². The number of fused-ring (bicyclic) bond motifs is 1. The minimum Gasteiger partial charge on any atom is -0.691 e. The average molecular weight is 223 g/mol. The first kappa shape index (κ1) is 9.72. The van der Waals surface area contributed by atoms with E-state index >= 15 is 0 Å². The van der Waals surface area contributed by atoms with E-state index in [-0.39, 0.29) is 0 Å². The van der Waals surface area contributed by atoms with Gasteiger partial charge in [-0.05, 0) is 12.1 Å². The molecule has 0 radical (unpaired) electrons. The summed E-state index contributed by atoms with van der Waals surface area (Å²) >= 11 is 0. The molecule has 82 valence electrons. The van der Waals surface area contributed by atoms with Crippen LogP contribution in [0.15, 0.2) is 54.6 Å². The van der Waals surface area contributed by atoms with Crippen molar-refractivity contribution in [2.45, 2.75) is 0 Å². The summed E-state index contributed by atoms with van der Waals surface area (Å²) in [6.45, 7) is 0. The monoisotopic (exact) mass is 223 g/mol. The number of hydrogen-bond donors (Lipinski definition) is 0. The highest BCUT2D eigenvalue weighted by molar-refractivity contribution is 5.89. The lowest BCUT2D eigenvalue weighted by Crippen LogP contribution is -2.35. The molecule has 3 aromatic rings. The second-order valence-corrected chi connectivity index (χ2v) is 3.69. The molecule has 0 aliphatic rings. The van der Waals surface area contributed by atoms with Gasteiger partial charge in [0, 0.05) is 5.56 Å². The lowest BCUT2D eigenvalue weighted by Gasteiger charge is -2.07. The molecule has 0 bridgehead atoms. The molecule has 0 aliphatic heterocycles. The van der Waals surface area contributed by atoms with Crippen LogP contribution in [0, 0.1) is 5.21 Å². The average Bonchev–Trinajstić information content (AvgIpc) is 2.39. The van der Waals surface area contributed by atoms with Gasteiger partial charge in [-0.25, -0.2) is 0 Å². The molecule has 0 N–H and O–H groups in total. The van der Waals surface area contributed by atoms with Crippen LogP contribution < -0.4 is 4.85 Å². The molecular weight excluding hydrogens is 214 g/mol. The first-order valence-electron chi connectivity index (χ1n) is 5.27. The number of benzene rings is 2. The maximum atomic E-state index is 11.8. The number of hydrogen-bond acceptors (Lipinski definition) is 3. The number of aromatic nitrogens is 3. The van der Waals surface area contributed by atoms with Crippen molar-refractivity contribution in [1.29, 1.82) is 0 Å². The SMILES string of the molecule is [O-][n+]1nnc2ccccc2c1-c1ccccc1. The fourth-order valence-electron chi connectivity index (χ4n) is 1.86. The van der Waals surface area contributed by atoms with Crippen LogP contribution in [0.1, 0.15) is 0 Å². The molecule has 0 atom stereocenters. The Morgan fingerprint density at radius 3 is 2.41 bits per heavy atom. The zero-order valence-electron chi connectivity index (χ0n) is 8.95. The Hall–Kier alpha value is -2.49. The Kier molecular flexibility index (Phi) is 2.19. The van der Waals surface area contributed by atoms with Crippen LogP contribution in [0.2, 0.25) is 0 Å². The molecule has 0 amide bonds. The van der Waals surface area contributed by atoms with Crippen LogP contribution in [0.25, 0.3) is 22.2 Å². The molecule has 0 saturated carbocycles. The van der Waals surface area contributed by atoms with Crippen molar-refractivity contribution >= 4 is 10.9 Å². The smallest absolute Gasteiger partial charge is 0.215 e. The van der Waals surface area contributed by atoms with Gasteiger partial charge in [0.15, 0.2) is 5.69 Å². The summed E-state index contributed by atoms with van der Waals surface area (Å²) in [5.74, 6) is 0. The normalized spacial score (nSPS) is 10.6. The number of nitrogens with zero attached hydrogens (tertiary/aromatic N) is 3. The van der Waals surface area contributed by atoms with Gasteiger partial charge in [-0.3, -0.25) is 0 Å². The van der Waals surface area contributed by atoms with Gasteiger partial charge in [-0.1, -0.05) is 42.5 Å². The summed E-state index contributed by atoms with van der Waals surface area (Å²) in [6, 6.07) is 17.0. The quantitative estimate of drug-likeness (QED) is 0.468. The molecule has 0 aliphatic carbocycles. The summed E-state index contributed by atoms with van der Waals surface area (Å²) in [5.41, 5.74) is 2.10. The van der Waals surface area contributed by atoms with Crippen LogP contribution in [-0.2, 0) is 0 Å². The van der Waals surface area contributed by atoms with Gasteiger partial charge in [-0.15, -0.1) is 4.85 Å². The van der Waals surface area contributed by atoms with Crippen molar-refractivity contribution in [1.82, 2.24) is 10.3 Å². The molecule has 0 spiro atoms. The van der Waals surface area contributed by atoms with Gasteiger partial charge < -0.3 is 5.21 Å². The third-order valence-corrected chi connectivity index (χ3v) is 2.63. The third kappa shape index (κ3) is 1.59. The Morgan fingerprint density at radius 1 is 0.882 bits per heavy atom. The summed E-state index contributed by atoms with van der Waals surface area (Å²) in [5, 5.41) is 20.0. The van der Waals surface area contributed by atoms with Gasteiger partial charge in [-0.2, -0.15) is 0 Å². The molecular formula is C13H9N3O. The Morgan fingerprint density at radius 2 is 1.59 bits per heavy atom. The molecule has 1 aromatic heterocycles. The van der Waals surface area contributed by atoms with E-state index in [1.165, 1.54) is 0 Å². The van der Waals surface area contributed by atoms with E-state index in [1.54, 1.807) is 0 Å². The highest BCUT2D eigenvalue weighted by atomic mass is 16.5. The Balaban J connectivity index is 2.39. The van der Waals surface area contributed by atoms with E-state index in [9.17, 15) is 5.21 Å². The molecule has 4 heteroatoms. The molecule has 4 nitrogen and oxygen atoms in total. The predicted molar refractivity (Wildman–Crippen MR) is 63.9 cm³/mol. The van der Waals surface area contributed by atoms with Crippen molar-refractivity contribution in [2.24, 2.45) is 0 Å². The van der Waals surface area contributed by atoms with Crippen LogP contribution in [0.4, 0.5) is 0 Å².